The Labute approximate surface area is 117 Å². The van der Waals surface area contributed by atoms with E-state index in [0.717, 1.165) is 20.4 Å². The first-order chi connectivity index (χ1) is 8.72. The Morgan fingerprint density at radius 1 is 1.17 bits per heavy atom. The van der Waals surface area contributed by atoms with E-state index in [1.54, 1.807) is 11.3 Å². The molecule has 0 radical (unpaired) electrons. The molecule has 4 heteroatoms. The van der Waals surface area contributed by atoms with E-state index in [4.69, 9.17) is 4.74 Å². The van der Waals surface area contributed by atoms with Crippen LogP contribution in [0, 0.1) is 6.92 Å². The summed E-state index contributed by atoms with van der Waals surface area (Å²) in [4.78, 5) is 4.45. The molecule has 0 aliphatic heterocycles. The average Bonchev–Trinajstić information content (AvgIpc) is 2.75. The van der Waals surface area contributed by atoms with Gasteiger partial charge in [-0.15, -0.1) is 0 Å². The van der Waals surface area contributed by atoms with E-state index in [1.807, 2.05) is 49.4 Å². The van der Waals surface area contributed by atoms with Gasteiger partial charge in [0.05, 0.1) is 14.7 Å². The molecule has 90 valence electrons. The standard InChI is InChI=1S/C14H10BrNOS/c1-9-6-7-12(10(15)8-9)17-14-16-11-4-2-3-5-13(11)18-14/h2-8H,1H3. The highest BCUT2D eigenvalue weighted by molar-refractivity contribution is 9.10. The van der Waals surface area contributed by atoms with Gasteiger partial charge < -0.3 is 4.74 Å². The predicted octanol–water partition coefficient (Wildman–Crippen LogP) is 5.16. The van der Waals surface area contributed by atoms with E-state index in [2.05, 4.69) is 20.9 Å². The fraction of sp³-hybridized carbons (Fsp3) is 0.0714. The van der Waals surface area contributed by atoms with Gasteiger partial charge in [-0.05, 0) is 52.7 Å². The van der Waals surface area contributed by atoms with Crippen molar-refractivity contribution in [2.24, 2.45) is 0 Å². The molecule has 3 aromatic rings. The molecule has 3 rings (SSSR count). The molecule has 0 N–H and O–H groups in total. The highest BCUT2D eigenvalue weighted by atomic mass is 79.9. The molecular weight excluding hydrogens is 310 g/mol. The number of thiazole rings is 1. The summed E-state index contributed by atoms with van der Waals surface area (Å²) in [5.41, 5.74) is 2.17. The van der Waals surface area contributed by atoms with Gasteiger partial charge in [0.2, 0.25) is 0 Å². The van der Waals surface area contributed by atoms with Crippen molar-refractivity contribution in [3.63, 3.8) is 0 Å². The van der Waals surface area contributed by atoms with Crippen molar-refractivity contribution in [2.75, 3.05) is 0 Å². The first-order valence-electron chi connectivity index (χ1n) is 5.52. The van der Waals surface area contributed by atoms with Crippen molar-refractivity contribution in [1.29, 1.82) is 0 Å². The van der Waals surface area contributed by atoms with Crippen molar-refractivity contribution in [3.8, 4) is 10.9 Å². The summed E-state index contributed by atoms with van der Waals surface area (Å²) in [6, 6.07) is 14.0. The molecule has 1 aromatic heterocycles. The van der Waals surface area contributed by atoms with Gasteiger partial charge in [-0.1, -0.05) is 29.5 Å². The fourth-order valence-corrected chi connectivity index (χ4v) is 3.08. The minimum Gasteiger partial charge on any atom is -0.430 e. The van der Waals surface area contributed by atoms with E-state index in [0.29, 0.717) is 5.19 Å². The molecular formula is C14H10BrNOS. The molecule has 0 amide bonds. The number of benzene rings is 2. The van der Waals surface area contributed by atoms with Gasteiger partial charge in [0.1, 0.15) is 5.75 Å². The lowest BCUT2D eigenvalue weighted by molar-refractivity contribution is 0.477. The van der Waals surface area contributed by atoms with E-state index >= 15 is 0 Å². The van der Waals surface area contributed by atoms with Crippen LogP contribution in [-0.4, -0.2) is 4.98 Å². The van der Waals surface area contributed by atoms with Gasteiger partial charge in [0.15, 0.2) is 0 Å². The van der Waals surface area contributed by atoms with E-state index in [1.165, 1.54) is 5.56 Å². The van der Waals surface area contributed by atoms with Crippen LogP contribution in [0.3, 0.4) is 0 Å². The summed E-state index contributed by atoms with van der Waals surface area (Å²) >= 11 is 5.05. The number of fused-ring (bicyclic) bond motifs is 1. The average molecular weight is 320 g/mol. The maximum Gasteiger partial charge on any atom is 0.279 e. The van der Waals surface area contributed by atoms with Crippen LogP contribution in [-0.2, 0) is 0 Å². The van der Waals surface area contributed by atoms with Gasteiger partial charge >= 0.3 is 0 Å². The maximum atomic E-state index is 5.81. The zero-order valence-electron chi connectivity index (χ0n) is 9.68. The summed E-state index contributed by atoms with van der Waals surface area (Å²) < 4.78 is 7.89. The summed E-state index contributed by atoms with van der Waals surface area (Å²) in [6.07, 6.45) is 0. The minimum atomic E-state index is 0.667. The number of nitrogens with zero attached hydrogens (tertiary/aromatic N) is 1. The largest absolute Gasteiger partial charge is 0.430 e. The van der Waals surface area contributed by atoms with Gasteiger partial charge in [0.25, 0.3) is 5.19 Å². The zero-order valence-corrected chi connectivity index (χ0v) is 12.1. The zero-order chi connectivity index (χ0) is 12.5. The third kappa shape index (κ3) is 2.26. The van der Waals surface area contributed by atoms with E-state index < -0.39 is 0 Å². The number of hydrogen-bond donors (Lipinski definition) is 0. The second-order valence-electron chi connectivity index (χ2n) is 3.98. The van der Waals surface area contributed by atoms with Crippen LogP contribution < -0.4 is 4.74 Å². The molecule has 2 nitrogen and oxygen atoms in total. The Kier molecular flexibility index (Phi) is 3.06. The first-order valence-corrected chi connectivity index (χ1v) is 7.13. The van der Waals surface area contributed by atoms with Gasteiger partial charge in [-0.3, -0.25) is 0 Å². The molecule has 0 saturated heterocycles. The number of ether oxygens (including phenoxy) is 1. The monoisotopic (exact) mass is 319 g/mol. The van der Waals surface area contributed by atoms with Crippen LogP contribution in [0.2, 0.25) is 0 Å². The molecule has 0 bridgehead atoms. The van der Waals surface area contributed by atoms with Gasteiger partial charge in [-0.25, -0.2) is 4.98 Å². The van der Waals surface area contributed by atoms with Crippen LogP contribution in [0.25, 0.3) is 10.2 Å². The summed E-state index contributed by atoms with van der Waals surface area (Å²) in [7, 11) is 0. The third-order valence-corrected chi connectivity index (χ3v) is 4.09. The summed E-state index contributed by atoms with van der Waals surface area (Å²) in [5, 5.41) is 0.667. The Balaban J connectivity index is 1.96. The number of aromatic nitrogens is 1. The number of hydrogen-bond acceptors (Lipinski definition) is 3. The summed E-state index contributed by atoms with van der Waals surface area (Å²) in [5.74, 6) is 0.791. The third-order valence-electron chi connectivity index (χ3n) is 2.56. The van der Waals surface area contributed by atoms with Gasteiger partial charge in [-0.2, -0.15) is 0 Å². The van der Waals surface area contributed by atoms with Crippen molar-refractivity contribution < 1.29 is 4.74 Å². The SMILES string of the molecule is Cc1ccc(Oc2nc3ccccc3s2)c(Br)c1. The highest BCUT2D eigenvalue weighted by Gasteiger charge is 2.07. The van der Waals surface area contributed by atoms with Crippen molar-refractivity contribution in [2.45, 2.75) is 6.92 Å². The van der Waals surface area contributed by atoms with E-state index in [-0.39, 0.29) is 0 Å². The van der Waals surface area contributed by atoms with Crippen molar-refractivity contribution in [3.05, 3.63) is 52.5 Å². The van der Waals surface area contributed by atoms with E-state index in [9.17, 15) is 0 Å². The Bertz CT molecular complexity index is 675. The van der Waals surface area contributed by atoms with Crippen LogP contribution >= 0.6 is 27.3 Å². The van der Waals surface area contributed by atoms with Crippen molar-refractivity contribution in [1.82, 2.24) is 4.98 Å². The first kappa shape index (κ1) is 11.7. The molecule has 0 fully saturated rings. The quantitative estimate of drug-likeness (QED) is 0.651. The second kappa shape index (κ2) is 4.71. The smallest absolute Gasteiger partial charge is 0.279 e. The Morgan fingerprint density at radius 2 is 2.00 bits per heavy atom. The summed E-state index contributed by atoms with van der Waals surface area (Å²) in [6.45, 7) is 2.05. The van der Waals surface area contributed by atoms with Crippen molar-refractivity contribution >= 4 is 37.5 Å². The lowest BCUT2D eigenvalue weighted by Gasteiger charge is -2.04. The molecule has 0 saturated carbocycles. The molecule has 0 spiro atoms. The Hall–Kier alpha value is -1.39. The molecule has 2 aromatic carbocycles. The van der Waals surface area contributed by atoms with Crippen LogP contribution in [0.1, 0.15) is 5.56 Å². The fourth-order valence-electron chi connectivity index (χ4n) is 1.68. The maximum absolute atomic E-state index is 5.81. The second-order valence-corrected chi connectivity index (χ2v) is 5.83. The normalized spacial score (nSPS) is 10.8. The number of aryl methyl sites for hydroxylation is 1. The van der Waals surface area contributed by atoms with Crippen LogP contribution in [0.4, 0.5) is 0 Å². The molecule has 1 heterocycles. The minimum absolute atomic E-state index is 0.667. The number of para-hydroxylation sites is 1. The number of rotatable bonds is 2. The lowest BCUT2D eigenvalue weighted by atomic mass is 10.2. The van der Waals surface area contributed by atoms with Gasteiger partial charge in [0, 0.05) is 0 Å². The molecule has 0 unspecified atom stereocenters. The molecule has 0 atom stereocenters. The lowest BCUT2D eigenvalue weighted by Crippen LogP contribution is -1.85. The molecule has 0 aliphatic rings. The van der Waals surface area contributed by atoms with Crippen LogP contribution in [0.5, 0.6) is 10.9 Å². The predicted molar refractivity (Wildman–Crippen MR) is 78.6 cm³/mol. The topological polar surface area (TPSA) is 22.1 Å². The Morgan fingerprint density at radius 3 is 2.78 bits per heavy atom. The molecule has 0 aliphatic carbocycles. The van der Waals surface area contributed by atoms with Crippen LogP contribution in [0.15, 0.2) is 46.9 Å². The molecule has 18 heavy (non-hydrogen) atoms. The number of halogens is 1. The highest BCUT2D eigenvalue weighted by Crippen LogP contribution is 2.34.